The molecule has 1 aliphatic rings. The second-order valence-corrected chi connectivity index (χ2v) is 6.90. The molecule has 0 aromatic heterocycles. The van der Waals surface area contributed by atoms with Crippen molar-refractivity contribution in [3.05, 3.63) is 29.8 Å². The van der Waals surface area contributed by atoms with E-state index in [-0.39, 0.29) is 17.2 Å². The summed E-state index contributed by atoms with van der Waals surface area (Å²) in [5.74, 6) is 0.410. The molecule has 1 unspecified atom stereocenters. The number of aryl methyl sites for hydroxylation is 1. The fourth-order valence-electron chi connectivity index (χ4n) is 3.38. The monoisotopic (exact) mass is 288 g/mol. The smallest absolute Gasteiger partial charge is 0.230 e. The molecule has 1 fully saturated rings. The number of benzene rings is 1. The fourth-order valence-corrected chi connectivity index (χ4v) is 3.38. The van der Waals surface area contributed by atoms with Crippen LogP contribution >= 0.6 is 0 Å². The summed E-state index contributed by atoms with van der Waals surface area (Å²) in [7, 11) is 0. The van der Waals surface area contributed by atoms with E-state index in [2.05, 4.69) is 32.9 Å². The molecule has 0 aliphatic heterocycles. The minimum atomic E-state index is 0.113. The number of nitrogens with zero attached hydrogens (tertiary/aromatic N) is 1. The van der Waals surface area contributed by atoms with Crippen molar-refractivity contribution in [2.75, 3.05) is 18.0 Å². The Balaban J connectivity index is 2.25. The van der Waals surface area contributed by atoms with Gasteiger partial charge in [0, 0.05) is 18.2 Å². The van der Waals surface area contributed by atoms with Crippen LogP contribution in [0.25, 0.3) is 0 Å². The maximum atomic E-state index is 13.1. The van der Waals surface area contributed by atoms with Crippen LogP contribution in [0, 0.1) is 18.3 Å². The Morgan fingerprint density at radius 3 is 2.76 bits per heavy atom. The summed E-state index contributed by atoms with van der Waals surface area (Å²) in [6.07, 6.45) is 4.15. The highest BCUT2D eigenvalue weighted by molar-refractivity contribution is 5.95. The summed E-state index contributed by atoms with van der Waals surface area (Å²) in [6, 6.07) is 8.21. The van der Waals surface area contributed by atoms with Gasteiger partial charge in [-0.1, -0.05) is 32.4 Å². The third-order valence-corrected chi connectivity index (χ3v) is 4.72. The Kier molecular flexibility index (Phi) is 5.04. The summed E-state index contributed by atoms with van der Waals surface area (Å²) in [5, 5.41) is 0. The number of carbonyl (C=O) groups excluding carboxylic acids is 1. The van der Waals surface area contributed by atoms with E-state index in [0.29, 0.717) is 13.1 Å². The highest BCUT2D eigenvalue weighted by Crippen LogP contribution is 2.44. The average Bonchev–Trinajstić information content (AvgIpc) is 2.78. The molecule has 1 amide bonds. The Morgan fingerprint density at radius 1 is 1.43 bits per heavy atom. The van der Waals surface area contributed by atoms with E-state index in [9.17, 15) is 4.79 Å². The van der Waals surface area contributed by atoms with Gasteiger partial charge in [-0.3, -0.25) is 4.79 Å². The number of hydrogen-bond acceptors (Lipinski definition) is 2. The molecule has 1 atom stereocenters. The SMILES string of the molecule is Cc1cccc(N(CCCN)C(=O)C2CCCC2(C)C)c1. The summed E-state index contributed by atoms with van der Waals surface area (Å²) >= 11 is 0. The molecule has 116 valence electrons. The maximum absolute atomic E-state index is 13.1. The van der Waals surface area contributed by atoms with Gasteiger partial charge in [0.15, 0.2) is 0 Å². The second-order valence-electron chi connectivity index (χ2n) is 6.90. The second kappa shape index (κ2) is 6.61. The van der Waals surface area contributed by atoms with Crippen molar-refractivity contribution in [1.82, 2.24) is 0 Å². The summed E-state index contributed by atoms with van der Waals surface area (Å²) in [5.41, 5.74) is 7.96. The van der Waals surface area contributed by atoms with E-state index in [4.69, 9.17) is 5.73 Å². The Morgan fingerprint density at radius 2 is 2.19 bits per heavy atom. The number of nitrogens with two attached hydrogens (primary N) is 1. The van der Waals surface area contributed by atoms with Gasteiger partial charge >= 0.3 is 0 Å². The summed E-state index contributed by atoms with van der Waals surface area (Å²) in [6.45, 7) is 7.84. The third-order valence-electron chi connectivity index (χ3n) is 4.72. The molecule has 3 heteroatoms. The fraction of sp³-hybridized carbons (Fsp3) is 0.611. The summed E-state index contributed by atoms with van der Waals surface area (Å²) < 4.78 is 0. The van der Waals surface area contributed by atoms with Crippen molar-refractivity contribution in [3.63, 3.8) is 0 Å². The predicted octanol–water partition coefficient (Wildman–Crippen LogP) is 3.50. The van der Waals surface area contributed by atoms with Crippen LogP contribution in [0.2, 0.25) is 0 Å². The number of amides is 1. The lowest BCUT2D eigenvalue weighted by atomic mass is 9.81. The third kappa shape index (κ3) is 3.65. The van der Waals surface area contributed by atoms with Crippen molar-refractivity contribution in [3.8, 4) is 0 Å². The van der Waals surface area contributed by atoms with Gasteiger partial charge < -0.3 is 10.6 Å². The van der Waals surface area contributed by atoms with E-state index in [1.54, 1.807) is 0 Å². The van der Waals surface area contributed by atoms with Crippen LogP contribution in [0.1, 0.15) is 45.1 Å². The Hall–Kier alpha value is -1.35. The van der Waals surface area contributed by atoms with Gasteiger partial charge in [0.25, 0.3) is 0 Å². The zero-order chi connectivity index (χ0) is 15.5. The van der Waals surface area contributed by atoms with Crippen LogP contribution in [0.5, 0.6) is 0 Å². The van der Waals surface area contributed by atoms with E-state index in [0.717, 1.165) is 31.4 Å². The van der Waals surface area contributed by atoms with Gasteiger partial charge in [0.2, 0.25) is 5.91 Å². The van der Waals surface area contributed by atoms with Gasteiger partial charge in [-0.2, -0.15) is 0 Å². The van der Waals surface area contributed by atoms with Crippen molar-refractivity contribution >= 4 is 11.6 Å². The predicted molar refractivity (Wildman–Crippen MR) is 88.3 cm³/mol. The quantitative estimate of drug-likeness (QED) is 0.901. The molecular formula is C18H28N2O. The molecule has 0 bridgehead atoms. The van der Waals surface area contributed by atoms with Crippen molar-refractivity contribution in [2.45, 2.75) is 46.5 Å². The van der Waals surface area contributed by atoms with Crippen LogP contribution in [0.15, 0.2) is 24.3 Å². The molecule has 2 rings (SSSR count). The zero-order valence-corrected chi connectivity index (χ0v) is 13.6. The maximum Gasteiger partial charge on any atom is 0.230 e. The summed E-state index contributed by atoms with van der Waals surface area (Å²) in [4.78, 5) is 15.0. The van der Waals surface area contributed by atoms with E-state index >= 15 is 0 Å². The lowest BCUT2D eigenvalue weighted by Gasteiger charge is -2.32. The molecular weight excluding hydrogens is 260 g/mol. The minimum absolute atomic E-state index is 0.113. The highest BCUT2D eigenvalue weighted by Gasteiger charge is 2.41. The van der Waals surface area contributed by atoms with Gasteiger partial charge in [0.05, 0.1) is 0 Å². The lowest BCUT2D eigenvalue weighted by molar-refractivity contribution is -0.124. The van der Waals surface area contributed by atoms with Gasteiger partial charge in [-0.15, -0.1) is 0 Å². The van der Waals surface area contributed by atoms with Crippen molar-refractivity contribution in [1.29, 1.82) is 0 Å². The molecule has 0 spiro atoms. The highest BCUT2D eigenvalue weighted by atomic mass is 16.2. The molecule has 1 aromatic rings. The normalized spacial score (nSPS) is 20.5. The first kappa shape index (κ1) is 16.0. The molecule has 0 saturated heterocycles. The van der Waals surface area contributed by atoms with Gasteiger partial charge in [-0.05, 0) is 55.8 Å². The molecule has 3 nitrogen and oxygen atoms in total. The minimum Gasteiger partial charge on any atom is -0.330 e. The van der Waals surface area contributed by atoms with Crippen LogP contribution in [0.3, 0.4) is 0 Å². The Labute approximate surface area is 128 Å². The first-order valence-electron chi connectivity index (χ1n) is 8.04. The standard InChI is InChI=1S/C18H28N2O/c1-14-7-4-8-15(13-14)20(12-6-11-19)17(21)16-9-5-10-18(16,2)3/h4,7-8,13,16H,5-6,9-12,19H2,1-3H3. The number of rotatable bonds is 5. The number of anilines is 1. The average molecular weight is 288 g/mol. The molecule has 1 aromatic carbocycles. The van der Waals surface area contributed by atoms with Crippen LogP contribution in [0.4, 0.5) is 5.69 Å². The zero-order valence-electron chi connectivity index (χ0n) is 13.6. The van der Waals surface area contributed by atoms with Crippen molar-refractivity contribution in [2.24, 2.45) is 17.1 Å². The van der Waals surface area contributed by atoms with E-state index < -0.39 is 0 Å². The first-order chi connectivity index (χ1) is 9.95. The van der Waals surface area contributed by atoms with Crippen LogP contribution < -0.4 is 10.6 Å². The number of carbonyl (C=O) groups is 1. The van der Waals surface area contributed by atoms with Crippen molar-refractivity contribution < 1.29 is 4.79 Å². The van der Waals surface area contributed by atoms with Gasteiger partial charge in [0.1, 0.15) is 0 Å². The molecule has 1 saturated carbocycles. The molecule has 0 radical (unpaired) electrons. The lowest BCUT2D eigenvalue weighted by Crippen LogP contribution is -2.41. The molecule has 1 aliphatic carbocycles. The molecule has 0 heterocycles. The van der Waals surface area contributed by atoms with Gasteiger partial charge in [-0.25, -0.2) is 0 Å². The van der Waals surface area contributed by atoms with Crippen LogP contribution in [-0.4, -0.2) is 19.0 Å². The van der Waals surface area contributed by atoms with E-state index in [1.165, 1.54) is 5.56 Å². The molecule has 2 N–H and O–H groups in total. The Bertz CT molecular complexity index is 496. The number of hydrogen-bond donors (Lipinski definition) is 1. The topological polar surface area (TPSA) is 46.3 Å². The first-order valence-corrected chi connectivity index (χ1v) is 8.04. The van der Waals surface area contributed by atoms with E-state index in [1.807, 2.05) is 17.0 Å². The molecule has 21 heavy (non-hydrogen) atoms. The van der Waals surface area contributed by atoms with Crippen LogP contribution in [-0.2, 0) is 4.79 Å². The largest absolute Gasteiger partial charge is 0.330 e.